The van der Waals surface area contributed by atoms with E-state index >= 15 is 0 Å². The summed E-state index contributed by atoms with van der Waals surface area (Å²) in [7, 11) is 0. The normalized spacial score (nSPS) is 16.5. The molecule has 2 amide bonds. The number of aromatic nitrogens is 1. The van der Waals surface area contributed by atoms with Crippen LogP contribution in [0.25, 0.3) is 0 Å². The molecule has 1 atom stereocenters. The van der Waals surface area contributed by atoms with Crippen LogP contribution in [-0.4, -0.2) is 35.9 Å². The van der Waals surface area contributed by atoms with Gasteiger partial charge in [-0.1, -0.05) is 33.3 Å². The summed E-state index contributed by atoms with van der Waals surface area (Å²) in [6, 6.07) is 7.39. The minimum Gasteiger partial charge on any atom is -0.462 e. The first kappa shape index (κ1) is 19.5. The minimum absolute atomic E-state index is 0.101. The van der Waals surface area contributed by atoms with Gasteiger partial charge in [0.1, 0.15) is 4.88 Å². The van der Waals surface area contributed by atoms with Crippen LogP contribution >= 0.6 is 27.3 Å². The average Bonchev–Trinajstić information content (AvgIpc) is 3.18. The molecule has 27 heavy (non-hydrogen) atoms. The van der Waals surface area contributed by atoms with Crippen LogP contribution in [0.1, 0.15) is 28.7 Å². The second-order valence-corrected chi connectivity index (χ2v) is 7.94. The fourth-order valence-electron chi connectivity index (χ4n) is 2.82. The highest BCUT2D eigenvalue weighted by atomic mass is 79.9. The third kappa shape index (κ3) is 4.36. The Labute approximate surface area is 168 Å². The van der Waals surface area contributed by atoms with Crippen molar-refractivity contribution < 1.29 is 19.1 Å². The van der Waals surface area contributed by atoms with E-state index in [4.69, 9.17) is 4.74 Å². The van der Waals surface area contributed by atoms with E-state index in [9.17, 15) is 14.4 Å². The van der Waals surface area contributed by atoms with Crippen molar-refractivity contribution in [2.24, 2.45) is 5.92 Å². The smallest absolute Gasteiger partial charge is 0.350 e. The second-order valence-electron chi connectivity index (χ2n) is 6.03. The summed E-state index contributed by atoms with van der Waals surface area (Å²) in [4.78, 5) is 43.0. The van der Waals surface area contributed by atoms with Crippen LogP contribution in [0, 0.1) is 12.8 Å². The molecule has 3 rings (SSSR count). The first-order valence-corrected chi connectivity index (χ1v) is 10.0. The molecule has 0 spiro atoms. The fourth-order valence-corrected chi connectivity index (χ4v) is 4.07. The molecule has 1 fully saturated rings. The number of amides is 2. The SMILES string of the molecule is CCOC(=O)c1sc(NC(=O)C2CC(=O)N(c3cccc(Br)c3)C2)nc1C. The zero-order chi connectivity index (χ0) is 19.6. The average molecular weight is 452 g/mol. The molecule has 2 heterocycles. The maximum atomic E-state index is 12.6. The number of hydrogen-bond acceptors (Lipinski definition) is 6. The largest absolute Gasteiger partial charge is 0.462 e. The Balaban J connectivity index is 1.68. The third-order valence-corrected chi connectivity index (χ3v) is 5.65. The number of carbonyl (C=O) groups is 3. The lowest BCUT2D eigenvalue weighted by atomic mass is 10.1. The zero-order valence-corrected chi connectivity index (χ0v) is 17.2. The zero-order valence-electron chi connectivity index (χ0n) is 14.8. The van der Waals surface area contributed by atoms with Crippen LogP contribution in [0.5, 0.6) is 0 Å². The fraction of sp³-hybridized carbons (Fsp3) is 0.333. The Bertz CT molecular complexity index is 898. The van der Waals surface area contributed by atoms with Crippen molar-refractivity contribution in [2.75, 3.05) is 23.4 Å². The van der Waals surface area contributed by atoms with Gasteiger partial charge >= 0.3 is 5.97 Å². The van der Waals surface area contributed by atoms with E-state index in [1.54, 1.807) is 18.7 Å². The number of benzene rings is 1. The first-order valence-electron chi connectivity index (χ1n) is 8.40. The summed E-state index contributed by atoms with van der Waals surface area (Å²) >= 11 is 4.46. The summed E-state index contributed by atoms with van der Waals surface area (Å²) in [5, 5.41) is 3.05. The van der Waals surface area contributed by atoms with Crippen molar-refractivity contribution in [3.63, 3.8) is 0 Å². The van der Waals surface area contributed by atoms with Gasteiger partial charge in [0.15, 0.2) is 5.13 Å². The maximum Gasteiger partial charge on any atom is 0.350 e. The maximum absolute atomic E-state index is 12.6. The molecule has 7 nitrogen and oxygen atoms in total. The molecule has 1 saturated heterocycles. The Kier molecular flexibility index (Phi) is 5.91. The van der Waals surface area contributed by atoms with Gasteiger partial charge in [0, 0.05) is 23.1 Å². The van der Waals surface area contributed by atoms with Gasteiger partial charge in [-0.15, -0.1) is 0 Å². The number of ether oxygens (including phenoxy) is 1. The number of anilines is 2. The summed E-state index contributed by atoms with van der Waals surface area (Å²) in [6.07, 6.45) is 0.132. The van der Waals surface area contributed by atoms with E-state index in [2.05, 4.69) is 26.2 Å². The molecule has 1 aliphatic heterocycles. The molecule has 1 aliphatic rings. The molecular weight excluding hydrogens is 434 g/mol. The highest BCUT2D eigenvalue weighted by Crippen LogP contribution is 2.29. The predicted octanol–water partition coefficient (Wildman–Crippen LogP) is 3.38. The number of carbonyl (C=O) groups excluding carboxylic acids is 3. The number of aryl methyl sites for hydroxylation is 1. The van der Waals surface area contributed by atoms with Gasteiger partial charge in [-0.3, -0.25) is 9.59 Å². The molecule has 9 heteroatoms. The van der Waals surface area contributed by atoms with Crippen LogP contribution in [0.4, 0.5) is 10.8 Å². The monoisotopic (exact) mass is 451 g/mol. The molecule has 1 unspecified atom stereocenters. The van der Waals surface area contributed by atoms with Gasteiger partial charge < -0.3 is 15.0 Å². The van der Waals surface area contributed by atoms with Crippen LogP contribution in [0.3, 0.4) is 0 Å². The Morgan fingerprint density at radius 1 is 1.44 bits per heavy atom. The molecule has 142 valence electrons. The van der Waals surface area contributed by atoms with Gasteiger partial charge in [-0.05, 0) is 32.0 Å². The second kappa shape index (κ2) is 8.18. The van der Waals surface area contributed by atoms with Crippen molar-refractivity contribution >= 4 is 55.9 Å². The molecular formula is C18H18BrN3O4S. The Hall–Kier alpha value is -2.26. The molecule has 0 aliphatic carbocycles. The van der Waals surface area contributed by atoms with Crippen molar-refractivity contribution in [1.29, 1.82) is 0 Å². The van der Waals surface area contributed by atoms with E-state index < -0.39 is 11.9 Å². The highest BCUT2D eigenvalue weighted by Gasteiger charge is 2.35. The first-order chi connectivity index (χ1) is 12.9. The standard InChI is InChI=1S/C18H18BrN3O4S/c1-3-26-17(25)15-10(2)20-18(27-15)21-16(24)11-7-14(23)22(9-11)13-6-4-5-12(19)8-13/h4-6,8,11H,3,7,9H2,1-2H3,(H,20,21,24). The number of nitrogens with zero attached hydrogens (tertiary/aromatic N) is 2. The molecule has 0 saturated carbocycles. The molecule has 1 aromatic heterocycles. The summed E-state index contributed by atoms with van der Waals surface area (Å²) < 4.78 is 5.84. The summed E-state index contributed by atoms with van der Waals surface area (Å²) in [5.41, 5.74) is 1.26. The number of rotatable bonds is 5. The molecule has 1 N–H and O–H groups in total. The topological polar surface area (TPSA) is 88.6 Å². The Morgan fingerprint density at radius 2 is 2.22 bits per heavy atom. The Morgan fingerprint density at radius 3 is 2.93 bits per heavy atom. The van der Waals surface area contributed by atoms with Crippen molar-refractivity contribution in [1.82, 2.24) is 4.98 Å². The lowest BCUT2D eigenvalue weighted by Crippen LogP contribution is -2.28. The number of nitrogens with one attached hydrogen (secondary N) is 1. The number of thiazole rings is 1. The van der Waals surface area contributed by atoms with Gasteiger partial charge in [-0.2, -0.15) is 0 Å². The van der Waals surface area contributed by atoms with Crippen LogP contribution in [0.2, 0.25) is 0 Å². The van der Waals surface area contributed by atoms with Crippen LogP contribution in [-0.2, 0) is 14.3 Å². The molecule has 1 aromatic carbocycles. The van der Waals surface area contributed by atoms with E-state index in [-0.39, 0.29) is 24.8 Å². The minimum atomic E-state index is -0.480. The van der Waals surface area contributed by atoms with Crippen molar-refractivity contribution in [2.45, 2.75) is 20.3 Å². The van der Waals surface area contributed by atoms with E-state index in [1.807, 2.05) is 24.3 Å². The highest BCUT2D eigenvalue weighted by molar-refractivity contribution is 9.10. The van der Waals surface area contributed by atoms with E-state index in [0.717, 1.165) is 21.5 Å². The number of hydrogen-bond donors (Lipinski definition) is 1. The van der Waals surface area contributed by atoms with Gasteiger partial charge in [0.05, 0.1) is 18.2 Å². The van der Waals surface area contributed by atoms with Crippen LogP contribution in [0.15, 0.2) is 28.7 Å². The predicted molar refractivity (Wildman–Crippen MR) is 106 cm³/mol. The van der Waals surface area contributed by atoms with E-state index in [0.29, 0.717) is 22.2 Å². The van der Waals surface area contributed by atoms with Crippen molar-refractivity contribution in [3.8, 4) is 0 Å². The van der Waals surface area contributed by atoms with Gasteiger partial charge in [0.2, 0.25) is 11.8 Å². The molecule has 0 radical (unpaired) electrons. The number of halogens is 1. The third-order valence-electron chi connectivity index (χ3n) is 4.10. The summed E-state index contributed by atoms with van der Waals surface area (Å²) in [6.45, 7) is 3.99. The molecule has 2 aromatic rings. The van der Waals surface area contributed by atoms with Gasteiger partial charge in [-0.25, -0.2) is 9.78 Å². The van der Waals surface area contributed by atoms with Crippen LogP contribution < -0.4 is 10.2 Å². The lowest BCUT2D eigenvalue weighted by molar-refractivity contribution is -0.122. The number of esters is 1. The quantitative estimate of drug-likeness (QED) is 0.703. The lowest BCUT2D eigenvalue weighted by Gasteiger charge is -2.16. The van der Waals surface area contributed by atoms with Gasteiger partial charge in [0.25, 0.3) is 0 Å². The summed E-state index contributed by atoms with van der Waals surface area (Å²) in [5.74, 6) is -1.32. The molecule has 0 bridgehead atoms. The van der Waals surface area contributed by atoms with Crippen molar-refractivity contribution in [3.05, 3.63) is 39.3 Å². The van der Waals surface area contributed by atoms with E-state index in [1.165, 1.54) is 0 Å².